The van der Waals surface area contributed by atoms with Gasteiger partial charge in [0.1, 0.15) is 12.1 Å². The number of benzene rings is 1. The first-order valence-electron chi connectivity index (χ1n) is 7.88. The molecular formula is C16H17ClN4O3S. The predicted molar refractivity (Wildman–Crippen MR) is 96.8 cm³/mol. The lowest BCUT2D eigenvalue weighted by Gasteiger charge is -2.22. The molecule has 1 fully saturated rings. The maximum atomic E-state index is 12.5. The molecule has 1 saturated heterocycles. The molecule has 9 heteroatoms. The zero-order valence-corrected chi connectivity index (χ0v) is 15.3. The van der Waals surface area contributed by atoms with E-state index in [1.54, 1.807) is 18.2 Å². The van der Waals surface area contributed by atoms with E-state index in [0.717, 1.165) is 15.1 Å². The number of anilines is 1. The minimum atomic E-state index is -0.913. The molecule has 25 heavy (non-hydrogen) atoms. The lowest BCUT2D eigenvalue weighted by Crippen LogP contribution is -2.46. The van der Waals surface area contributed by atoms with Crippen LogP contribution in [0.25, 0.3) is 10.2 Å². The lowest BCUT2D eigenvalue weighted by molar-refractivity contribution is -0.134. The quantitative estimate of drug-likeness (QED) is 0.780. The Bertz CT molecular complexity index is 862. The smallest absolute Gasteiger partial charge is 0.323 e. The van der Waals surface area contributed by atoms with Gasteiger partial charge in [0.15, 0.2) is 5.13 Å². The Morgan fingerprint density at radius 3 is 2.72 bits per heavy atom. The number of aromatic nitrogens is 1. The number of rotatable bonds is 5. The number of nitrogens with zero attached hydrogens (tertiary/aromatic N) is 2. The van der Waals surface area contributed by atoms with Gasteiger partial charge in [-0.05, 0) is 31.0 Å². The van der Waals surface area contributed by atoms with E-state index in [1.807, 2.05) is 13.8 Å². The molecule has 4 amide bonds. The minimum Gasteiger partial charge on any atom is -0.323 e. The van der Waals surface area contributed by atoms with Gasteiger partial charge >= 0.3 is 6.03 Å². The molecule has 0 radical (unpaired) electrons. The second kappa shape index (κ2) is 6.61. The molecule has 0 aliphatic carbocycles. The standard InChI is InChI=1S/C16H17ClN4O3S/c1-3-16(4-2)13(23)21(15(24)20-16)8-12(22)19-14-18-10-6-5-9(17)7-11(10)25-14/h5-7H,3-4,8H2,1-2H3,(H,20,24)(H,18,19,22). The van der Waals surface area contributed by atoms with E-state index in [0.29, 0.717) is 23.0 Å². The molecule has 0 saturated carbocycles. The molecule has 1 aromatic carbocycles. The zero-order chi connectivity index (χ0) is 18.2. The molecule has 0 bridgehead atoms. The van der Waals surface area contributed by atoms with Crippen molar-refractivity contribution in [2.75, 3.05) is 11.9 Å². The Morgan fingerprint density at radius 1 is 1.36 bits per heavy atom. The van der Waals surface area contributed by atoms with Gasteiger partial charge in [-0.2, -0.15) is 0 Å². The van der Waals surface area contributed by atoms with Gasteiger partial charge in [0.25, 0.3) is 5.91 Å². The molecule has 2 aromatic rings. The summed E-state index contributed by atoms with van der Waals surface area (Å²) < 4.78 is 0.841. The topological polar surface area (TPSA) is 91.4 Å². The number of fused-ring (bicyclic) bond motifs is 1. The summed E-state index contributed by atoms with van der Waals surface area (Å²) in [7, 11) is 0. The van der Waals surface area contributed by atoms with E-state index in [2.05, 4.69) is 15.6 Å². The summed E-state index contributed by atoms with van der Waals surface area (Å²) in [4.78, 5) is 42.1. The van der Waals surface area contributed by atoms with Crippen LogP contribution in [0.4, 0.5) is 9.93 Å². The second-order valence-electron chi connectivity index (χ2n) is 5.79. The molecule has 1 aliphatic heterocycles. The predicted octanol–water partition coefficient (Wildman–Crippen LogP) is 3.00. The average Bonchev–Trinajstić information content (AvgIpc) is 3.07. The van der Waals surface area contributed by atoms with Crippen LogP contribution in [0.2, 0.25) is 5.02 Å². The molecule has 1 aromatic heterocycles. The highest BCUT2D eigenvalue weighted by molar-refractivity contribution is 7.22. The van der Waals surface area contributed by atoms with Gasteiger partial charge in [0.05, 0.1) is 10.2 Å². The summed E-state index contributed by atoms with van der Waals surface area (Å²) in [5, 5.41) is 6.31. The van der Waals surface area contributed by atoms with E-state index in [1.165, 1.54) is 11.3 Å². The first-order valence-corrected chi connectivity index (χ1v) is 9.08. The fraction of sp³-hybridized carbons (Fsp3) is 0.375. The van der Waals surface area contributed by atoms with Crippen molar-refractivity contribution in [1.29, 1.82) is 0 Å². The molecule has 0 atom stereocenters. The van der Waals surface area contributed by atoms with Crippen molar-refractivity contribution in [3.8, 4) is 0 Å². The zero-order valence-electron chi connectivity index (χ0n) is 13.8. The van der Waals surface area contributed by atoms with E-state index in [4.69, 9.17) is 11.6 Å². The van der Waals surface area contributed by atoms with Gasteiger partial charge in [0, 0.05) is 5.02 Å². The molecule has 3 rings (SSSR count). The number of amides is 4. The highest BCUT2D eigenvalue weighted by Gasteiger charge is 2.49. The van der Waals surface area contributed by atoms with Gasteiger partial charge in [0.2, 0.25) is 5.91 Å². The van der Waals surface area contributed by atoms with Crippen molar-refractivity contribution in [2.45, 2.75) is 32.2 Å². The highest BCUT2D eigenvalue weighted by Crippen LogP contribution is 2.29. The second-order valence-corrected chi connectivity index (χ2v) is 7.26. The van der Waals surface area contributed by atoms with Gasteiger partial charge in [-0.3, -0.25) is 14.5 Å². The maximum absolute atomic E-state index is 12.5. The van der Waals surface area contributed by atoms with Crippen molar-refractivity contribution in [3.63, 3.8) is 0 Å². The van der Waals surface area contributed by atoms with Crippen molar-refractivity contribution in [2.24, 2.45) is 0 Å². The van der Waals surface area contributed by atoms with Crippen molar-refractivity contribution < 1.29 is 14.4 Å². The van der Waals surface area contributed by atoms with Crippen LogP contribution in [0.15, 0.2) is 18.2 Å². The summed E-state index contributed by atoms with van der Waals surface area (Å²) in [6, 6.07) is 4.70. The number of hydrogen-bond acceptors (Lipinski definition) is 5. The molecule has 0 unspecified atom stereocenters. The van der Waals surface area contributed by atoms with Crippen LogP contribution in [0.3, 0.4) is 0 Å². The molecule has 2 heterocycles. The van der Waals surface area contributed by atoms with Gasteiger partial charge in [-0.25, -0.2) is 9.78 Å². The number of carbonyl (C=O) groups excluding carboxylic acids is 3. The summed E-state index contributed by atoms with van der Waals surface area (Å²) in [6.07, 6.45) is 0.954. The Labute approximate surface area is 153 Å². The van der Waals surface area contributed by atoms with E-state index < -0.39 is 17.5 Å². The lowest BCUT2D eigenvalue weighted by atomic mass is 9.93. The minimum absolute atomic E-state index is 0.344. The third kappa shape index (κ3) is 3.19. The number of thiazole rings is 1. The summed E-state index contributed by atoms with van der Waals surface area (Å²) in [5.41, 5.74) is -0.195. The Kier molecular flexibility index (Phi) is 4.66. The Hall–Kier alpha value is -2.19. The molecule has 0 spiro atoms. The first kappa shape index (κ1) is 17.6. The Morgan fingerprint density at radius 2 is 2.08 bits per heavy atom. The average molecular weight is 381 g/mol. The molecule has 1 aliphatic rings. The third-order valence-corrected chi connectivity index (χ3v) is 5.52. The number of hydrogen-bond donors (Lipinski definition) is 2. The normalized spacial score (nSPS) is 16.4. The molecule has 7 nitrogen and oxygen atoms in total. The Balaban J connectivity index is 1.71. The van der Waals surface area contributed by atoms with Crippen LogP contribution in [0, 0.1) is 0 Å². The fourth-order valence-electron chi connectivity index (χ4n) is 2.80. The van der Waals surface area contributed by atoms with Gasteiger partial charge in [-0.1, -0.05) is 36.8 Å². The molecule has 2 N–H and O–H groups in total. The van der Waals surface area contributed by atoms with Crippen LogP contribution in [0.1, 0.15) is 26.7 Å². The van der Waals surface area contributed by atoms with Crippen molar-refractivity contribution in [3.05, 3.63) is 23.2 Å². The number of carbonyl (C=O) groups is 3. The number of halogens is 1. The summed E-state index contributed by atoms with van der Waals surface area (Å²) in [5.74, 6) is -0.842. The van der Waals surface area contributed by atoms with Gasteiger partial charge < -0.3 is 10.6 Å². The maximum Gasteiger partial charge on any atom is 0.325 e. The number of imide groups is 1. The molecular weight excluding hydrogens is 364 g/mol. The largest absolute Gasteiger partial charge is 0.325 e. The van der Waals surface area contributed by atoms with E-state index in [9.17, 15) is 14.4 Å². The first-order chi connectivity index (χ1) is 11.9. The summed E-state index contributed by atoms with van der Waals surface area (Å²) in [6.45, 7) is 3.32. The summed E-state index contributed by atoms with van der Waals surface area (Å²) >= 11 is 7.21. The highest BCUT2D eigenvalue weighted by atomic mass is 35.5. The van der Waals surface area contributed by atoms with E-state index >= 15 is 0 Å². The monoisotopic (exact) mass is 380 g/mol. The van der Waals surface area contributed by atoms with Crippen molar-refractivity contribution in [1.82, 2.24) is 15.2 Å². The van der Waals surface area contributed by atoms with Crippen LogP contribution >= 0.6 is 22.9 Å². The van der Waals surface area contributed by atoms with Crippen LogP contribution in [-0.4, -0.2) is 39.8 Å². The number of nitrogens with one attached hydrogen (secondary N) is 2. The fourth-order valence-corrected chi connectivity index (χ4v) is 3.96. The van der Waals surface area contributed by atoms with Crippen molar-refractivity contribution >= 4 is 56.1 Å². The third-order valence-electron chi connectivity index (χ3n) is 4.35. The van der Waals surface area contributed by atoms with Crippen LogP contribution in [0.5, 0.6) is 0 Å². The van der Waals surface area contributed by atoms with Crippen LogP contribution < -0.4 is 10.6 Å². The molecule has 132 valence electrons. The SMILES string of the molecule is CCC1(CC)NC(=O)N(CC(=O)Nc2nc3ccc(Cl)cc3s2)C1=O. The van der Waals surface area contributed by atoms with Gasteiger partial charge in [-0.15, -0.1) is 0 Å². The number of urea groups is 1. The van der Waals surface area contributed by atoms with E-state index in [-0.39, 0.29) is 12.5 Å². The van der Waals surface area contributed by atoms with Crippen LogP contribution in [-0.2, 0) is 9.59 Å².